The number of aliphatic hydroxyl groups excluding tert-OH is 1. The first-order valence-corrected chi connectivity index (χ1v) is 5.90. The Hall–Kier alpha value is 0.430. The van der Waals surface area contributed by atoms with Gasteiger partial charge in [-0.1, -0.05) is 61.8 Å². The summed E-state index contributed by atoms with van der Waals surface area (Å²) < 4.78 is 1.88. The molecule has 0 aromatic carbocycles. The first-order valence-electron chi connectivity index (χ1n) is 4.65. The van der Waals surface area contributed by atoms with Gasteiger partial charge in [-0.05, 0) is 16.4 Å². The first-order chi connectivity index (χ1) is 5.70. The van der Waals surface area contributed by atoms with E-state index in [1.807, 2.05) is 10.2 Å². The van der Waals surface area contributed by atoms with E-state index in [0.29, 0.717) is 5.92 Å². The molecule has 0 aliphatic rings. The van der Waals surface area contributed by atoms with Gasteiger partial charge < -0.3 is 5.11 Å². The summed E-state index contributed by atoms with van der Waals surface area (Å²) in [5.41, 5.74) is 0. The van der Waals surface area contributed by atoms with E-state index >= 15 is 0 Å². The maximum Gasteiger partial charge on any atom is 0.0730 e. The van der Waals surface area contributed by atoms with Crippen LogP contribution in [-0.2, 0) is 0 Å². The van der Waals surface area contributed by atoms with Crippen molar-refractivity contribution in [3.05, 3.63) is 10.2 Å². The van der Waals surface area contributed by atoms with Gasteiger partial charge in [0.05, 0.1) is 6.10 Å². The molecule has 0 aliphatic carbocycles. The zero-order valence-electron chi connectivity index (χ0n) is 7.96. The molecule has 0 saturated carbocycles. The molecule has 0 aromatic rings. The number of halogens is 1. The van der Waals surface area contributed by atoms with Gasteiger partial charge in [-0.15, -0.1) is 0 Å². The van der Waals surface area contributed by atoms with Crippen molar-refractivity contribution < 1.29 is 5.11 Å². The van der Waals surface area contributed by atoms with E-state index in [2.05, 4.69) is 36.4 Å². The molecule has 0 fully saturated rings. The van der Waals surface area contributed by atoms with Crippen LogP contribution in [0.4, 0.5) is 0 Å². The molecule has 0 heterocycles. The fourth-order valence-electron chi connectivity index (χ4n) is 1.25. The Balaban J connectivity index is 3.46. The molecular formula is C10H19IO. The third-order valence-electron chi connectivity index (χ3n) is 1.99. The van der Waals surface area contributed by atoms with Gasteiger partial charge >= 0.3 is 0 Å². The van der Waals surface area contributed by atoms with Gasteiger partial charge in [0.25, 0.3) is 0 Å². The van der Waals surface area contributed by atoms with E-state index in [0.717, 1.165) is 6.42 Å². The molecule has 0 aliphatic heterocycles. The molecule has 12 heavy (non-hydrogen) atoms. The van der Waals surface area contributed by atoms with E-state index in [1.165, 1.54) is 19.3 Å². The normalized spacial score (nSPS) is 16.7. The highest BCUT2D eigenvalue weighted by molar-refractivity contribution is 14.1. The van der Waals surface area contributed by atoms with Crippen LogP contribution in [0.25, 0.3) is 0 Å². The summed E-state index contributed by atoms with van der Waals surface area (Å²) in [5, 5.41) is 9.43. The Kier molecular flexibility index (Phi) is 8.34. The molecule has 0 spiro atoms. The Labute approximate surface area is 89.4 Å². The third kappa shape index (κ3) is 7.10. The van der Waals surface area contributed by atoms with E-state index in [-0.39, 0.29) is 6.10 Å². The number of aliphatic hydroxyl groups is 1. The summed E-state index contributed by atoms with van der Waals surface area (Å²) >= 11 is 2.14. The average Bonchev–Trinajstić information content (AvgIpc) is 2.01. The van der Waals surface area contributed by atoms with Gasteiger partial charge in [0.2, 0.25) is 0 Å². The van der Waals surface area contributed by atoms with Crippen LogP contribution in [0.1, 0.15) is 39.5 Å². The fourth-order valence-corrected chi connectivity index (χ4v) is 1.72. The molecule has 2 unspecified atom stereocenters. The fraction of sp³-hybridized carbons (Fsp3) is 0.800. The molecule has 1 nitrogen and oxygen atoms in total. The second kappa shape index (κ2) is 8.05. The van der Waals surface area contributed by atoms with Gasteiger partial charge in [-0.25, -0.2) is 0 Å². The minimum atomic E-state index is -0.242. The summed E-state index contributed by atoms with van der Waals surface area (Å²) in [6.07, 6.45) is 6.28. The lowest BCUT2D eigenvalue weighted by Gasteiger charge is -2.12. The largest absolute Gasteiger partial charge is 0.389 e. The van der Waals surface area contributed by atoms with Gasteiger partial charge in [-0.3, -0.25) is 0 Å². The van der Waals surface area contributed by atoms with E-state index in [1.54, 1.807) is 0 Å². The number of hydrogen-bond donors (Lipinski definition) is 1. The standard InChI is InChI=1S/C10H19IO/c1-3-4-5-9(2)8-10(12)6-7-11/h6-7,9-10,12H,3-5,8H2,1-2H3. The quantitative estimate of drug-likeness (QED) is 0.739. The lowest BCUT2D eigenvalue weighted by Crippen LogP contribution is -2.08. The highest BCUT2D eigenvalue weighted by atomic mass is 127. The number of hydrogen-bond acceptors (Lipinski definition) is 1. The highest BCUT2D eigenvalue weighted by Crippen LogP contribution is 2.14. The van der Waals surface area contributed by atoms with Crippen LogP contribution >= 0.6 is 22.6 Å². The summed E-state index contributed by atoms with van der Waals surface area (Å²) in [6, 6.07) is 0. The topological polar surface area (TPSA) is 20.2 Å². The molecule has 0 amide bonds. The molecule has 0 aromatic heterocycles. The van der Waals surface area contributed by atoms with Crippen LogP contribution in [0, 0.1) is 5.92 Å². The van der Waals surface area contributed by atoms with Crippen LogP contribution in [0.2, 0.25) is 0 Å². The number of rotatable bonds is 6. The van der Waals surface area contributed by atoms with Crippen molar-refractivity contribution in [3.8, 4) is 0 Å². The maximum atomic E-state index is 9.43. The van der Waals surface area contributed by atoms with Crippen LogP contribution < -0.4 is 0 Å². The van der Waals surface area contributed by atoms with Crippen molar-refractivity contribution >= 4 is 22.6 Å². The minimum Gasteiger partial charge on any atom is -0.389 e. The molecular weight excluding hydrogens is 263 g/mol. The van der Waals surface area contributed by atoms with Crippen molar-refractivity contribution in [1.82, 2.24) is 0 Å². The average molecular weight is 282 g/mol. The summed E-state index contributed by atoms with van der Waals surface area (Å²) in [4.78, 5) is 0. The van der Waals surface area contributed by atoms with Gasteiger partial charge in [0, 0.05) is 0 Å². The Bertz CT molecular complexity index is 123. The van der Waals surface area contributed by atoms with Crippen LogP contribution in [-0.4, -0.2) is 11.2 Å². The molecule has 1 N–H and O–H groups in total. The van der Waals surface area contributed by atoms with Gasteiger partial charge in [0.1, 0.15) is 0 Å². The van der Waals surface area contributed by atoms with E-state index in [4.69, 9.17) is 0 Å². The Morgan fingerprint density at radius 3 is 2.67 bits per heavy atom. The monoisotopic (exact) mass is 282 g/mol. The first kappa shape index (κ1) is 12.4. The maximum absolute atomic E-state index is 9.43. The Morgan fingerprint density at radius 2 is 2.17 bits per heavy atom. The third-order valence-corrected chi connectivity index (χ3v) is 2.40. The zero-order chi connectivity index (χ0) is 9.40. The predicted molar refractivity (Wildman–Crippen MR) is 62.5 cm³/mol. The summed E-state index contributed by atoms with van der Waals surface area (Å²) in [7, 11) is 0. The molecule has 0 rings (SSSR count). The smallest absolute Gasteiger partial charge is 0.0730 e. The van der Waals surface area contributed by atoms with Crippen molar-refractivity contribution in [2.75, 3.05) is 0 Å². The molecule has 0 bridgehead atoms. The predicted octanol–water partition coefficient (Wildman–Crippen LogP) is 3.51. The molecule has 72 valence electrons. The molecule has 2 atom stereocenters. The zero-order valence-corrected chi connectivity index (χ0v) is 10.1. The summed E-state index contributed by atoms with van der Waals surface area (Å²) in [6.45, 7) is 4.41. The van der Waals surface area contributed by atoms with Crippen molar-refractivity contribution in [1.29, 1.82) is 0 Å². The minimum absolute atomic E-state index is 0.242. The van der Waals surface area contributed by atoms with Crippen LogP contribution in [0.5, 0.6) is 0 Å². The molecule has 0 radical (unpaired) electrons. The van der Waals surface area contributed by atoms with Crippen LogP contribution in [0.15, 0.2) is 10.2 Å². The Morgan fingerprint density at radius 1 is 1.50 bits per heavy atom. The lowest BCUT2D eigenvalue weighted by molar-refractivity contribution is 0.187. The van der Waals surface area contributed by atoms with Crippen molar-refractivity contribution in [2.45, 2.75) is 45.6 Å². The second-order valence-electron chi connectivity index (χ2n) is 3.37. The second-order valence-corrected chi connectivity index (χ2v) is 4.09. The van der Waals surface area contributed by atoms with Crippen LogP contribution in [0.3, 0.4) is 0 Å². The van der Waals surface area contributed by atoms with E-state index < -0.39 is 0 Å². The summed E-state index contributed by atoms with van der Waals surface area (Å²) in [5.74, 6) is 0.646. The highest BCUT2D eigenvalue weighted by Gasteiger charge is 2.06. The number of unbranched alkanes of at least 4 members (excludes halogenated alkanes) is 1. The van der Waals surface area contributed by atoms with Gasteiger partial charge in [-0.2, -0.15) is 0 Å². The van der Waals surface area contributed by atoms with Crippen molar-refractivity contribution in [2.24, 2.45) is 5.92 Å². The van der Waals surface area contributed by atoms with Gasteiger partial charge in [0.15, 0.2) is 0 Å². The van der Waals surface area contributed by atoms with E-state index in [9.17, 15) is 5.11 Å². The van der Waals surface area contributed by atoms with Crippen molar-refractivity contribution in [3.63, 3.8) is 0 Å². The molecule has 2 heteroatoms. The molecule has 0 saturated heterocycles. The SMILES string of the molecule is CCCCC(C)CC(O)C=CI. The lowest BCUT2D eigenvalue weighted by atomic mass is 9.98.